The van der Waals surface area contributed by atoms with Gasteiger partial charge in [-0.15, -0.1) is 0 Å². The van der Waals surface area contributed by atoms with Crippen LogP contribution in [-0.4, -0.2) is 95.6 Å². The lowest BCUT2D eigenvalue weighted by molar-refractivity contribution is -0.0437. The molecule has 1 atom stereocenters. The topological polar surface area (TPSA) is 13.0 Å². The predicted molar refractivity (Wildman–Crippen MR) is 112 cm³/mol. The van der Waals surface area contributed by atoms with Crippen molar-refractivity contribution in [1.29, 1.82) is 0 Å². The summed E-state index contributed by atoms with van der Waals surface area (Å²) in [6.07, 6.45) is 2.70. The van der Waals surface area contributed by atoms with Crippen LogP contribution in [0.3, 0.4) is 0 Å². The minimum absolute atomic E-state index is 0.310. The Hall–Kier alpha value is -0.160. The highest BCUT2D eigenvalue weighted by Crippen LogP contribution is 2.42. The molecular weight excluding hydrogens is 320 g/mol. The number of rotatable bonds is 6. The highest BCUT2D eigenvalue weighted by Gasteiger charge is 2.49. The average molecular weight is 365 g/mol. The van der Waals surface area contributed by atoms with Crippen molar-refractivity contribution >= 4 is 0 Å². The van der Waals surface area contributed by atoms with Crippen molar-refractivity contribution in [3.63, 3.8) is 0 Å². The smallest absolute Gasteiger partial charge is 0.0169 e. The third-order valence-corrected chi connectivity index (χ3v) is 7.59. The van der Waals surface area contributed by atoms with Crippen LogP contribution in [0.1, 0.15) is 61.3 Å². The molecule has 26 heavy (non-hydrogen) atoms. The second-order valence-electron chi connectivity index (χ2n) is 10.7. The van der Waals surface area contributed by atoms with E-state index in [1.165, 1.54) is 65.2 Å². The summed E-state index contributed by atoms with van der Waals surface area (Å²) < 4.78 is 0. The molecule has 0 N–H and O–H groups in total. The molecule has 1 unspecified atom stereocenters. The molecule has 0 aromatic carbocycles. The van der Waals surface area contributed by atoms with Gasteiger partial charge >= 0.3 is 0 Å². The zero-order valence-corrected chi connectivity index (χ0v) is 18.6. The van der Waals surface area contributed by atoms with Crippen molar-refractivity contribution in [3.8, 4) is 0 Å². The van der Waals surface area contributed by atoms with Crippen LogP contribution in [0.25, 0.3) is 0 Å². The first-order valence-corrected chi connectivity index (χ1v) is 11.1. The SMILES string of the molecule is CC(C)N1CCN(C(C)(C)CC(C)N2CC3(CCN(C(C)C)C3)C2)CC1. The molecule has 3 rings (SSSR count). The van der Waals surface area contributed by atoms with E-state index in [9.17, 15) is 0 Å². The molecule has 0 saturated carbocycles. The predicted octanol–water partition coefficient (Wildman–Crippen LogP) is 2.99. The summed E-state index contributed by atoms with van der Waals surface area (Å²) in [5.74, 6) is 0. The summed E-state index contributed by atoms with van der Waals surface area (Å²) >= 11 is 0. The number of piperazine rings is 1. The Labute approximate surface area is 162 Å². The van der Waals surface area contributed by atoms with Gasteiger partial charge in [-0.1, -0.05) is 0 Å². The first kappa shape index (κ1) is 20.6. The van der Waals surface area contributed by atoms with Crippen molar-refractivity contribution in [2.75, 3.05) is 52.4 Å². The van der Waals surface area contributed by atoms with Crippen LogP contribution in [0.2, 0.25) is 0 Å². The van der Waals surface area contributed by atoms with Gasteiger partial charge in [0, 0.05) is 74.9 Å². The maximum absolute atomic E-state index is 2.76. The number of likely N-dealkylation sites (tertiary alicyclic amines) is 2. The van der Waals surface area contributed by atoms with Crippen LogP contribution in [-0.2, 0) is 0 Å². The largest absolute Gasteiger partial charge is 0.300 e. The monoisotopic (exact) mass is 364 g/mol. The summed E-state index contributed by atoms with van der Waals surface area (Å²) in [5.41, 5.74) is 0.927. The van der Waals surface area contributed by atoms with Crippen LogP contribution in [0, 0.1) is 5.41 Å². The third kappa shape index (κ3) is 4.29. The molecule has 3 aliphatic heterocycles. The highest BCUT2D eigenvalue weighted by atomic mass is 15.3. The minimum Gasteiger partial charge on any atom is -0.300 e. The molecule has 4 nitrogen and oxygen atoms in total. The van der Waals surface area contributed by atoms with E-state index in [0.29, 0.717) is 29.1 Å². The molecular formula is C22H44N4. The molecule has 0 radical (unpaired) electrons. The van der Waals surface area contributed by atoms with Crippen LogP contribution in [0.5, 0.6) is 0 Å². The molecule has 152 valence electrons. The Balaban J connectivity index is 1.46. The van der Waals surface area contributed by atoms with Crippen molar-refractivity contribution in [2.24, 2.45) is 5.41 Å². The van der Waals surface area contributed by atoms with Gasteiger partial charge in [0.25, 0.3) is 0 Å². The van der Waals surface area contributed by atoms with Gasteiger partial charge in [0.05, 0.1) is 0 Å². The van der Waals surface area contributed by atoms with E-state index in [1.807, 2.05) is 0 Å². The van der Waals surface area contributed by atoms with E-state index >= 15 is 0 Å². The van der Waals surface area contributed by atoms with E-state index < -0.39 is 0 Å². The van der Waals surface area contributed by atoms with Gasteiger partial charge in [-0.25, -0.2) is 0 Å². The van der Waals surface area contributed by atoms with E-state index in [-0.39, 0.29) is 0 Å². The van der Waals surface area contributed by atoms with Crippen LogP contribution in [0.4, 0.5) is 0 Å². The third-order valence-electron chi connectivity index (χ3n) is 7.59. The Morgan fingerprint density at radius 2 is 1.27 bits per heavy atom. The zero-order chi connectivity index (χ0) is 19.1. The van der Waals surface area contributed by atoms with E-state index in [4.69, 9.17) is 0 Å². The first-order valence-electron chi connectivity index (χ1n) is 11.1. The zero-order valence-electron chi connectivity index (χ0n) is 18.6. The standard InChI is InChI=1S/C22H44N4/c1-18(2)23-10-12-26(13-11-23)21(6,7)14-20(5)25-16-22(17-25)8-9-24(15-22)19(3)4/h18-20H,8-17H2,1-7H3. The summed E-state index contributed by atoms with van der Waals surface area (Å²) in [6.45, 7) is 27.0. The molecule has 0 aliphatic carbocycles. The molecule has 3 fully saturated rings. The van der Waals surface area contributed by atoms with Crippen molar-refractivity contribution in [1.82, 2.24) is 19.6 Å². The van der Waals surface area contributed by atoms with E-state index in [1.54, 1.807) is 0 Å². The van der Waals surface area contributed by atoms with Gasteiger partial charge in [0.15, 0.2) is 0 Å². The van der Waals surface area contributed by atoms with Gasteiger partial charge in [0.2, 0.25) is 0 Å². The maximum atomic E-state index is 2.76. The molecule has 0 bridgehead atoms. The van der Waals surface area contributed by atoms with Crippen molar-refractivity contribution in [2.45, 2.75) is 85.0 Å². The molecule has 0 aromatic heterocycles. The Morgan fingerprint density at radius 1 is 0.731 bits per heavy atom. The van der Waals surface area contributed by atoms with Crippen LogP contribution in [0.15, 0.2) is 0 Å². The Bertz CT molecular complexity index is 459. The molecule has 3 heterocycles. The fourth-order valence-corrected chi connectivity index (χ4v) is 5.62. The molecule has 0 amide bonds. The molecule has 0 aromatic rings. The lowest BCUT2D eigenvalue weighted by Gasteiger charge is -2.53. The highest BCUT2D eigenvalue weighted by molar-refractivity contribution is 5.04. The number of hydrogen-bond donors (Lipinski definition) is 0. The van der Waals surface area contributed by atoms with Crippen molar-refractivity contribution < 1.29 is 0 Å². The van der Waals surface area contributed by atoms with E-state index in [0.717, 1.165) is 0 Å². The van der Waals surface area contributed by atoms with Crippen molar-refractivity contribution in [3.05, 3.63) is 0 Å². The lowest BCUT2D eigenvalue weighted by Crippen LogP contribution is -2.63. The summed E-state index contributed by atoms with van der Waals surface area (Å²) in [6, 6.07) is 2.10. The molecule has 4 heteroatoms. The fraction of sp³-hybridized carbons (Fsp3) is 1.00. The first-order chi connectivity index (χ1) is 12.1. The van der Waals surface area contributed by atoms with Gasteiger partial charge in [-0.3, -0.25) is 14.7 Å². The number of hydrogen-bond acceptors (Lipinski definition) is 4. The molecule has 1 spiro atoms. The summed E-state index contributed by atoms with van der Waals surface area (Å²) in [7, 11) is 0. The van der Waals surface area contributed by atoms with Gasteiger partial charge in [-0.2, -0.15) is 0 Å². The minimum atomic E-state index is 0.310. The van der Waals surface area contributed by atoms with Crippen LogP contribution < -0.4 is 0 Å². The van der Waals surface area contributed by atoms with Crippen LogP contribution >= 0.6 is 0 Å². The summed E-state index contributed by atoms with van der Waals surface area (Å²) in [5, 5.41) is 0. The lowest BCUT2D eigenvalue weighted by atomic mass is 9.77. The summed E-state index contributed by atoms with van der Waals surface area (Å²) in [4.78, 5) is 10.8. The van der Waals surface area contributed by atoms with E-state index in [2.05, 4.69) is 68.1 Å². The molecule has 3 saturated heterocycles. The second kappa shape index (κ2) is 7.69. The molecule has 3 aliphatic rings. The normalized spacial score (nSPS) is 27.6. The maximum Gasteiger partial charge on any atom is 0.0169 e. The fourth-order valence-electron chi connectivity index (χ4n) is 5.62. The average Bonchev–Trinajstić information content (AvgIpc) is 2.99. The Morgan fingerprint density at radius 3 is 1.77 bits per heavy atom. The quantitative estimate of drug-likeness (QED) is 0.718. The van der Waals surface area contributed by atoms with Gasteiger partial charge in [-0.05, 0) is 67.9 Å². The Kier molecular flexibility index (Phi) is 6.09. The number of nitrogens with zero attached hydrogens (tertiary/aromatic N) is 4. The van der Waals surface area contributed by atoms with Gasteiger partial charge < -0.3 is 4.90 Å². The van der Waals surface area contributed by atoms with Gasteiger partial charge in [0.1, 0.15) is 0 Å². The second-order valence-corrected chi connectivity index (χ2v) is 10.7.